The van der Waals surface area contributed by atoms with Crippen molar-refractivity contribution in [3.8, 4) is 21.9 Å². The van der Waals surface area contributed by atoms with E-state index in [1.807, 2.05) is 88.4 Å². The summed E-state index contributed by atoms with van der Waals surface area (Å²) in [5.41, 5.74) is 10.2. The first-order valence-corrected chi connectivity index (χ1v) is 24.3. The molecule has 3 aromatic carbocycles. The van der Waals surface area contributed by atoms with Gasteiger partial charge in [-0.3, -0.25) is 23.9 Å². The van der Waals surface area contributed by atoms with E-state index >= 15 is 0 Å². The lowest BCUT2D eigenvalue weighted by molar-refractivity contribution is -0.121. The number of hydrogen-bond acceptors (Lipinski definition) is 10. The van der Waals surface area contributed by atoms with E-state index in [0.717, 1.165) is 105 Å². The molecule has 0 aliphatic carbocycles. The molecule has 3 aromatic heterocycles. The second kappa shape index (κ2) is 20.8. The lowest BCUT2D eigenvalue weighted by atomic mass is 9.95. The number of fused-ring (bicyclic) bond motifs is 3. The quantitative estimate of drug-likeness (QED) is 0.0811. The molecule has 350 valence electrons. The molecule has 1 atom stereocenters. The van der Waals surface area contributed by atoms with Gasteiger partial charge in [0.15, 0.2) is 5.82 Å². The predicted octanol–water partition coefficient (Wildman–Crippen LogP) is 9.38. The summed E-state index contributed by atoms with van der Waals surface area (Å²) in [5.74, 6) is 1.78. The first-order valence-electron chi connectivity index (χ1n) is 23.1. The molecule has 0 radical (unpaired) electrons. The molecule has 5 heterocycles. The van der Waals surface area contributed by atoms with Gasteiger partial charge in [0.1, 0.15) is 22.6 Å². The van der Waals surface area contributed by atoms with Crippen molar-refractivity contribution in [1.29, 1.82) is 0 Å². The van der Waals surface area contributed by atoms with Gasteiger partial charge in [-0.15, -0.1) is 21.5 Å². The number of rotatable bonds is 16. The van der Waals surface area contributed by atoms with Crippen molar-refractivity contribution in [2.45, 2.75) is 99.2 Å². The molecule has 1 saturated heterocycles. The highest BCUT2D eigenvalue weighted by molar-refractivity contribution is 7.15. The van der Waals surface area contributed by atoms with Gasteiger partial charge in [-0.25, -0.2) is 0 Å². The maximum absolute atomic E-state index is 14.0. The van der Waals surface area contributed by atoms with Crippen LogP contribution >= 0.6 is 22.9 Å². The van der Waals surface area contributed by atoms with Gasteiger partial charge >= 0.3 is 0 Å². The molecule has 8 rings (SSSR count). The summed E-state index contributed by atoms with van der Waals surface area (Å²) in [5, 5.41) is 16.7. The number of H-pyrrole nitrogens is 1. The molecule has 2 aliphatic rings. The average molecular weight is 944 g/mol. The van der Waals surface area contributed by atoms with Gasteiger partial charge in [0.2, 0.25) is 5.91 Å². The van der Waals surface area contributed by atoms with Gasteiger partial charge in [0, 0.05) is 82.4 Å². The van der Waals surface area contributed by atoms with E-state index in [4.69, 9.17) is 26.1 Å². The molecule has 3 N–H and O–H groups in total. The molecule has 0 unspecified atom stereocenters. The smallest absolute Gasteiger partial charge is 0.253 e. The number of halogens is 1. The monoisotopic (exact) mass is 942 g/mol. The van der Waals surface area contributed by atoms with Crippen LogP contribution in [0.2, 0.25) is 5.02 Å². The standard InChI is InChI=1S/C52H59ClN8O5S/c1-8-60(40-19-23-65-24-20-40)45-27-38(26-42(33(45)5)50(63)55-29-43-30(2)25-31(3)56-51(43)64)36-13-17-41(18-14-36)66-22-10-9-21-54-46(62)28-44-49-59-58-35(7)61(49)52-47(32(4)34(6)67-52)48(57-44)37-11-15-39(53)16-12-37/h11-18,25-27,40,44H,8-10,19-24,28-29H2,1-7H3,(H,54,62)(H,55,63)(H,56,64)/t44-/m0/s1. The number of thiophene rings is 1. The van der Waals surface area contributed by atoms with Gasteiger partial charge in [-0.1, -0.05) is 35.9 Å². The molecule has 6 aromatic rings. The van der Waals surface area contributed by atoms with E-state index in [-0.39, 0.29) is 30.3 Å². The molecule has 2 amide bonds. The van der Waals surface area contributed by atoms with E-state index in [1.54, 1.807) is 11.3 Å². The van der Waals surface area contributed by atoms with E-state index in [0.29, 0.717) is 54.4 Å². The number of carbonyl (C=O) groups excluding carboxylic acids is 2. The minimum atomic E-state index is -0.536. The number of aromatic nitrogens is 4. The van der Waals surface area contributed by atoms with Crippen LogP contribution in [0.4, 0.5) is 5.69 Å². The normalized spacial score (nSPS) is 14.7. The number of unbranched alkanes of at least 4 members (excludes halogenated alkanes) is 1. The molecule has 13 nitrogen and oxygen atoms in total. The molecule has 15 heteroatoms. The third-order valence-electron chi connectivity index (χ3n) is 12.9. The first-order chi connectivity index (χ1) is 32.3. The number of carbonyl (C=O) groups is 2. The van der Waals surface area contributed by atoms with E-state index in [1.165, 1.54) is 4.88 Å². The molecular weight excluding hydrogens is 884 g/mol. The van der Waals surface area contributed by atoms with Crippen LogP contribution in [0.1, 0.15) is 111 Å². The number of ether oxygens (including phenoxy) is 2. The Kier molecular flexibility index (Phi) is 14.7. The first kappa shape index (κ1) is 47.4. The molecule has 0 bridgehead atoms. The fraction of sp³-hybridized carbons (Fsp3) is 0.385. The number of anilines is 1. The van der Waals surface area contributed by atoms with Crippen LogP contribution in [-0.2, 0) is 16.1 Å². The van der Waals surface area contributed by atoms with Crippen LogP contribution in [-0.4, -0.2) is 76.2 Å². The van der Waals surface area contributed by atoms with Crippen molar-refractivity contribution in [3.63, 3.8) is 0 Å². The third-order valence-corrected chi connectivity index (χ3v) is 14.4. The highest BCUT2D eigenvalue weighted by Crippen LogP contribution is 2.40. The number of aryl methyl sites for hydroxylation is 4. The highest BCUT2D eigenvalue weighted by Gasteiger charge is 2.33. The van der Waals surface area contributed by atoms with Crippen LogP contribution in [0, 0.1) is 41.5 Å². The van der Waals surface area contributed by atoms with Gasteiger partial charge < -0.3 is 30.0 Å². The van der Waals surface area contributed by atoms with Crippen LogP contribution in [0.5, 0.6) is 5.75 Å². The number of amides is 2. The van der Waals surface area contributed by atoms with Crippen molar-refractivity contribution in [2.24, 2.45) is 4.99 Å². The number of benzene rings is 3. The van der Waals surface area contributed by atoms with Crippen LogP contribution in [0.3, 0.4) is 0 Å². The third kappa shape index (κ3) is 10.4. The summed E-state index contributed by atoms with van der Waals surface area (Å²) in [6, 6.07) is 21.4. The molecule has 1 fully saturated rings. The SMILES string of the molecule is CCN(c1cc(-c2ccc(OCCCCNC(=O)C[C@@H]3N=C(c4ccc(Cl)cc4)c4c(sc(C)c4C)-n4c(C)nnc43)cc2)cc(C(=O)NCc2c(C)cc(C)[nH]c2=O)c1C)C1CCOCC1. The average Bonchev–Trinajstić information content (AvgIpc) is 3.79. The zero-order valence-corrected chi connectivity index (χ0v) is 40.9. The van der Waals surface area contributed by atoms with Crippen LogP contribution < -0.4 is 25.8 Å². The summed E-state index contributed by atoms with van der Waals surface area (Å²) in [6.07, 6.45) is 3.42. The van der Waals surface area contributed by atoms with Crippen molar-refractivity contribution < 1.29 is 19.1 Å². The molecule has 67 heavy (non-hydrogen) atoms. The Morgan fingerprint density at radius 2 is 1.64 bits per heavy atom. The fourth-order valence-corrected chi connectivity index (χ4v) is 10.5. The molecule has 2 aliphatic heterocycles. The maximum Gasteiger partial charge on any atom is 0.253 e. The van der Waals surface area contributed by atoms with Gasteiger partial charge in [0.25, 0.3) is 11.5 Å². The minimum absolute atomic E-state index is 0.114. The minimum Gasteiger partial charge on any atom is -0.494 e. The molecule has 0 spiro atoms. The topological polar surface area (TPSA) is 156 Å². The summed E-state index contributed by atoms with van der Waals surface area (Å²) in [6.45, 7) is 17.3. The summed E-state index contributed by atoms with van der Waals surface area (Å²) < 4.78 is 13.9. The van der Waals surface area contributed by atoms with Gasteiger partial charge in [-0.05, 0) is 144 Å². The largest absolute Gasteiger partial charge is 0.494 e. The molecular formula is C52H59ClN8O5S. The summed E-state index contributed by atoms with van der Waals surface area (Å²) in [4.78, 5) is 51.9. The second-order valence-corrected chi connectivity index (χ2v) is 19.1. The Bertz CT molecular complexity index is 2860. The number of pyridine rings is 1. The van der Waals surface area contributed by atoms with Crippen molar-refractivity contribution in [2.75, 3.05) is 37.8 Å². The Morgan fingerprint density at radius 1 is 0.910 bits per heavy atom. The number of aromatic amines is 1. The summed E-state index contributed by atoms with van der Waals surface area (Å²) >= 11 is 7.95. The zero-order chi connectivity index (χ0) is 47.4. The lowest BCUT2D eigenvalue weighted by Crippen LogP contribution is -2.40. The van der Waals surface area contributed by atoms with Crippen molar-refractivity contribution in [1.82, 2.24) is 30.4 Å². The Morgan fingerprint density at radius 3 is 2.36 bits per heavy atom. The number of aliphatic imine (C=N–C) groups is 1. The lowest BCUT2D eigenvalue weighted by Gasteiger charge is -2.37. The maximum atomic E-state index is 14.0. The fourth-order valence-electron chi connectivity index (χ4n) is 9.16. The summed E-state index contributed by atoms with van der Waals surface area (Å²) in [7, 11) is 0. The van der Waals surface area contributed by atoms with Gasteiger partial charge in [-0.2, -0.15) is 0 Å². The second-order valence-electron chi connectivity index (χ2n) is 17.5. The predicted molar refractivity (Wildman–Crippen MR) is 267 cm³/mol. The van der Waals surface area contributed by atoms with E-state index in [9.17, 15) is 14.4 Å². The number of nitrogens with zero attached hydrogens (tertiary/aromatic N) is 5. The van der Waals surface area contributed by atoms with E-state index < -0.39 is 6.04 Å². The Balaban J connectivity index is 0.902. The number of nitrogens with one attached hydrogen (secondary N) is 3. The number of hydrogen-bond donors (Lipinski definition) is 3. The molecule has 0 saturated carbocycles. The van der Waals surface area contributed by atoms with Crippen LogP contribution in [0.15, 0.2) is 76.5 Å². The van der Waals surface area contributed by atoms with Crippen molar-refractivity contribution >= 4 is 46.2 Å². The highest BCUT2D eigenvalue weighted by atomic mass is 35.5. The zero-order valence-electron chi connectivity index (χ0n) is 39.3. The van der Waals surface area contributed by atoms with Gasteiger partial charge in [0.05, 0.1) is 18.7 Å². The van der Waals surface area contributed by atoms with Crippen molar-refractivity contribution in [3.05, 3.63) is 143 Å². The Hall–Kier alpha value is -6.09. The van der Waals surface area contributed by atoms with E-state index in [2.05, 4.69) is 62.1 Å². The Labute approximate surface area is 401 Å². The van der Waals surface area contributed by atoms with Crippen LogP contribution in [0.25, 0.3) is 16.1 Å².